The van der Waals surface area contributed by atoms with Crippen LogP contribution in [0, 0.1) is 6.92 Å². The Morgan fingerprint density at radius 3 is 2.88 bits per heavy atom. The number of fused-ring (bicyclic) bond motifs is 2. The summed E-state index contributed by atoms with van der Waals surface area (Å²) in [5.74, 6) is 0.0330. The van der Waals surface area contributed by atoms with E-state index in [-0.39, 0.29) is 18.1 Å². The molecule has 5 heteroatoms. The van der Waals surface area contributed by atoms with Crippen LogP contribution in [0.5, 0.6) is 0 Å². The van der Waals surface area contributed by atoms with Gasteiger partial charge in [0.05, 0.1) is 7.11 Å². The van der Waals surface area contributed by atoms with Gasteiger partial charge in [-0.15, -0.1) is 0 Å². The molecule has 1 aromatic carbocycles. The standard InChI is InChI=1S/C20H23NO4/c1-13-7-5-4-6-8-21(12-20(23)24-3)17-11-18-16(10-15(13)17)14(2)9-19(22)25-18/h4,6,9-11,13H,5,7-8,12H2,1-3H3/b6-4-. The van der Waals surface area contributed by atoms with Crippen molar-refractivity contribution in [1.82, 2.24) is 0 Å². The Hall–Kier alpha value is -2.56. The predicted molar refractivity (Wildman–Crippen MR) is 98.2 cm³/mol. The van der Waals surface area contributed by atoms with Gasteiger partial charge in [-0.3, -0.25) is 4.79 Å². The molecule has 0 saturated heterocycles. The summed E-state index contributed by atoms with van der Waals surface area (Å²) < 4.78 is 10.3. The fourth-order valence-electron chi connectivity index (χ4n) is 3.33. The van der Waals surface area contributed by atoms with E-state index in [0.29, 0.717) is 18.0 Å². The van der Waals surface area contributed by atoms with Crippen molar-refractivity contribution in [3.63, 3.8) is 0 Å². The first-order valence-electron chi connectivity index (χ1n) is 8.54. The van der Waals surface area contributed by atoms with Crippen molar-refractivity contribution in [3.8, 4) is 0 Å². The molecule has 2 aromatic rings. The highest BCUT2D eigenvalue weighted by Crippen LogP contribution is 2.35. The number of esters is 1. The van der Waals surface area contributed by atoms with Crippen LogP contribution in [0.3, 0.4) is 0 Å². The summed E-state index contributed by atoms with van der Waals surface area (Å²) in [5, 5.41) is 0.940. The van der Waals surface area contributed by atoms with E-state index in [0.717, 1.165) is 35.0 Å². The van der Waals surface area contributed by atoms with E-state index in [1.807, 2.05) is 17.9 Å². The summed E-state index contributed by atoms with van der Waals surface area (Å²) in [6.07, 6.45) is 6.24. The Balaban J connectivity index is 2.21. The van der Waals surface area contributed by atoms with Gasteiger partial charge in [-0.25, -0.2) is 4.79 Å². The summed E-state index contributed by atoms with van der Waals surface area (Å²) in [7, 11) is 1.39. The highest BCUT2D eigenvalue weighted by Gasteiger charge is 2.21. The average Bonchev–Trinajstić information content (AvgIpc) is 2.64. The van der Waals surface area contributed by atoms with Crippen LogP contribution in [0.25, 0.3) is 11.0 Å². The maximum absolute atomic E-state index is 11.9. The van der Waals surface area contributed by atoms with Crippen LogP contribution in [-0.4, -0.2) is 26.2 Å². The molecule has 25 heavy (non-hydrogen) atoms. The van der Waals surface area contributed by atoms with E-state index in [1.165, 1.54) is 13.2 Å². The van der Waals surface area contributed by atoms with Crippen molar-refractivity contribution in [1.29, 1.82) is 0 Å². The largest absolute Gasteiger partial charge is 0.468 e. The maximum atomic E-state index is 11.9. The van der Waals surface area contributed by atoms with Crippen molar-refractivity contribution in [2.24, 2.45) is 0 Å². The van der Waals surface area contributed by atoms with Gasteiger partial charge in [-0.1, -0.05) is 19.1 Å². The van der Waals surface area contributed by atoms with E-state index in [2.05, 4.69) is 25.1 Å². The number of allylic oxidation sites excluding steroid dienone is 1. The molecule has 0 spiro atoms. The number of carbonyl (C=O) groups excluding carboxylic acids is 1. The number of aryl methyl sites for hydroxylation is 1. The molecule has 1 aliphatic heterocycles. The Morgan fingerprint density at radius 1 is 1.32 bits per heavy atom. The minimum atomic E-state index is -0.361. The first-order chi connectivity index (χ1) is 12.0. The summed E-state index contributed by atoms with van der Waals surface area (Å²) in [5.41, 5.74) is 3.18. The van der Waals surface area contributed by atoms with E-state index < -0.39 is 0 Å². The highest BCUT2D eigenvalue weighted by molar-refractivity contribution is 5.87. The fraction of sp³-hybridized carbons (Fsp3) is 0.400. The van der Waals surface area contributed by atoms with Crippen LogP contribution < -0.4 is 10.5 Å². The molecule has 0 bridgehead atoms. The van der Waals surface area contributed by atoms with Gasteiger partial charge in [0.1, 0.15) is 12.1 Å². The fourth-order valence-corrected chi connectivity index (χ4v) is 3.33. The molecule has 0 amide bonds. The number of nitrogens with zero attached hydrogens (tertiary/aromatic N) is 1. The Morgan fingerprint density at radius 2 is 2.12 bits per heavy atom. The van der Waals surface area contributed by atoms with Gasteiger partial charge in [0.2, 0.25) is 0 Å². The minimum Gasteiger partial charge on any atom is -0.468 e. The van der Waals surface area contributed by atoms with Crippen LogP contribution >= 0.6 is 0 Å². The van der Waals surface area contributed by atoms with Crippen LogP contribution in [0.1, 0.15) is 36.8 Å². The first kappa shape index (κ1) is 17.3. The third kappa shape index (κ3) is 3.60. The zero-order valence-electron chi connectivity index (χ0n) is 14.9. The zero-order valence-corrected chi connectivity index (χ0v) is 14.9. The second kappa shape index (κ2) is 7.13. The van der Waals surface area contributed by atoms with Crippen molar-refractivity contribution >= 4 is 22.6 Å². The van der Waals surface area contributed by atoms with Crippen LogP contribution in [-0.2, 0) is 9.53 Å². The lowest BCUT2D eigenvalue weighted by atomic mass is 9.92. The number of rotatable bonds is 2. The van der Waals surface area contributed by atoms with E-state index in [1.54, 1.807) is 0 Å². The molecule has 1 unspecified atom stereocenters. The molecule has 1 atom stereocenters. The second-order valence-electron chi connectivity index (χ2n) is 6.56. The predicted octanol–water partition coefficient (Wildman–Crippen LogP) is 3.53. The van der Waals surface area contributed by atoms with Gasteiger partial charge in [0.15, 0.2) is 0 Å². The highest BCUT2D eigenvalue weighted by atomic mass is 16.5. The number of carbonyl (C=O) groups is 1. The van der Waals surface area contributed by atoms with Crippen LogP contribution in [0.2, 0.25) is 0 Å². The Bertz CT molecular complexity index is 881. The number of methoxy groups -OCH3 is 1. The lowest BCUT2D eigenvalue weighted by Crippen LogP contribution is -2.31. The summed E-state index contributed by atoms with van der Waals surface area (Å²) in [6.45, 7) is 4.87. The van der Waals surface area contributed by atoms with Crippen molar-refractivity contribution in [2.75, 3.05) is 25.1 Å². The van der Waals surface area contributed by atoms with Gasteiger partial charge in [0.25, 0.3) is 0 Å². The molecule has 1 aliphatic rings. The van der Waals surface area contributed by atoms with Crippen molar-refractivity contribution in [3.05, 3.63) is 51.9 Å². The molecule has 0 N–H and O–H groups in total. The summed E-state index contributed by atoms with van der Waals surface area (Å²) in [6, 6.07) is 5.50. The minimum absolute atomic E-state index is 0.155. The van der Waals surface area contributed by atoms with E-state index >= 15 is 0 Å². The smallest absolute Gasteiger partial charge is 0.336 e. The SMILES string of the molecule is COC(=O)CN1C/C=C\CCC(C)c2cc3c(C)cc(=O)oc3cc21. The lowest BCUT2D eigenvalue weighted by molar-refractivity contribution is -0.138. The van der Waals surface area contributed by atoms with Gasteiger partial charge >= 0.3 is 11.6 Å². The van der Waals surface area contributed by atoms with Crippen LogP contribution in [0.15, 0.2) is 39.6 Å². The molecule has 1 aromatic heterocycles. The topological polar surface area (TPSA) is 59.8 Å². The summed E-state index contributed by atoms with van der Waals surface area (Å²) in [4.78, 5) is 25.6. The number of anilines is 1. The Kier molecular flexibility index (Phi) is 4.93. The maximum Gasteiger partial charge on any atom is 0.336 e. The van der Waals surface area contributed by atoms with Gasteiger partial charge in [-0.2, -0.15) is 0 Å². The number of benzene rings is 1. The van der Waals surface area contributed by atoms with E-state index in [4.69, 9.17) is 9.15 Å². The lowest BCUT2D eigenvalue weighted by Gasteiger charge is -2.27. The molecule has 0 saturated carbocycles. The molecule has 0 aliphatic carbocycles. The molecule has 2 heterocycles. The average molecular weight is 341 g/mol. The monoisotopic (exact) mass is 341 g/mol. The van der Waals surface area contributed by atoms with Crippen molar-refractivity contribution in [2.45, 2.75) is 32.6 Å². The van der Waals surface area contributed by atoms with Gasteiger partial charge in [0, 0.05) is 29.8 Å². The van der Waals surface area contributed by atoms with E-state index in [9.17, 15) is 9.59 Å². The van der Waals surface area contributed by atoms with Crippen molar-refractivity contribution < 1.29 is 13.9 Å². The quantitative estimate of drug-likeness (QED) is 0.475. The zero-order chi connectivity index (χ0) is 18.0. The molecule has 132 valence electrons. The summed E-state index contributed by atoms with van der Waals surface area (Å²) >= 11 is 0. The van der Waals surface area contributed by atoms with Gasteiger partial charge in [-0.05, 0) is 42.9 Å². The molecular weight excluding hydrogens is 318 g/mol. The Labute approximate surface area is 146 Å². The number of ether oxygens (including phenoxy) is 1. The normalized spacial score (nSPS) is 18.8. The number of hydrogen-bond acceptors (Lipinski definition) is 5. The number of hydrogen-bond donors (Lipinski definition) is 0. The first-order valence-corrected chi connectivity index (χ1v) is 8.54. The van der Waals surface area contributed by atoms with Crippen LogP contribution in [0.4, 0.5) is 5.69 Å². The molecule has 0 radical (unpaired) electrons. The van der Waals surface area contributed by atoms with Gasteiger partial charge < -0.3 is 14.1 Å². The molecule has 5 nitrogen and oxygen atoms in total. The second-order valence-corrected chi connectivity index (χ2v) is 6.56. The third-order valence-electron chi connectivity index (χ3n) is 4.78. The molecule has 3 rings (SSSR count). The molecule has 0 fully saturated rings. The third-order valence-corrected chi connectivity index (χ3v) is 4.78. The molecular formula is C20H23NO4.